The van der Waals surface area contributed by atoms with Crippen molar-refractivity contribution in [3.05, 3.63) is 41.5 Å². The highest BCUT2D eigenvalue weighted by molar-refractivity contribution is 5.93. The average molecular weight is 288 g/mol. The summed E-state index contributed by atoms with van der Waals surface area (Å²) in [5.41, 5.74) is 6.51. The maximum Gasteiger partial charge on any atom is 0.248 e. The third-order valence-electron chi connectivity index (χ3n) is 3.14. The monoisotopic (exact) mass is 288 g/mol. The molecule has 0 aliphatic carbocycles. The van der Waals surface area contributed by atoms with Crippen molar-refractivity contribution in [2.45, 2.75) is 39.2 Å². The van der Waals surface area contributed by atoms with Crippen LogP contribution in [-0.4, -0.2) is 16.0 Å². The van der Waals surface area contributed by atoms with Crippen LogP contribution in [0.5, 0.6) is 0 Å². The van der Waals surface area contributed by atoms with E-state index in [1.54, 1.807) is 18.2 Å². The number of benzene rings is 1. The summed E-state index contributed by atoms with van der Waals surface area (Å²) in [7, 11) is 0. The summed E-state index contributed by atoms with van der Waals surface area (Å²) in [5.74, 6) is 0.808. The van der Waals surface area contributed by atoms with E-state index in [9.17, 15) is 4.79 Å². The van der Waals surface area contributed by atoms with Gasteiger partial charge in [0.2, 0.25) is 11.8 Å². The molecule has 1 aromatic carbocycles. The number of nitrogens with two attached hydrogens (primary N) is 1. The molecule has 0 unspecified atom stereocenters. The smallest absolute Gasteiger partial charge is 0.248 e. The topological polar surface area (TPSA) is 94.0 Å². The highest BCUT2D eigenvalue weighted by Gasteiger charge is 2.14. The Labute approximate surface area is 123 Å². The molecule has 1 atom stereocenters. The second-order valence-electron chi connectivity index (χ2n) is 4.96. The molecule has 6 nitrogen and oxygen atoms in total. The van der Waals surface area contributed by atoms with E-state index < -0.39 is 5.91 Å². The lowest BCUT2D eigenvalue weighted by Crippen LogP contribution is -2.12. The van der Waals surface area contributed by atoms with Crippen molar-refractivity contribution in [1.29, 1.82) is 0 Å². The van der Waals surface area contributed by atoms with Crippen LogP contribution in [0.2, 0.25) is 0 Å². The number of hydrogen-bond donors (Lipinski definition) is 2. The zero-order chi connectivity index (χ0) is 15.2. The van der Waals surface area contributed by atoms with E-state index in [0.717, 1.165) is 30.8 Å². The number of amides is 1. The summed E-state index contributed by atoms with van der Waals surface area (Å²) in [6, 6.07) is 6.87. The Kier molecular flexibility index (Phi) is 4.92. The van der Waals surface area contributed by atoms with Crippen molar-refractivity contribution < 1.29 is 9.32 Å². The zero-order valence-electron chi connectivity index (χ0n) is 12.3. The van der Waals surface area contributed by atoms with E-state index in [4.69, 9.17) is 10.3 Å². The number of carbonyl (C=O) groups is 1. The minimum absolute atomic E-state index is 0.143. The molecule has 112 valence electrons. The molecule has 0 saturated carbocycles. The number of nitrogens with zero attached hydrogens (tertiary/aromatic N) is 2. The molecule has 1 heterocycles. The first kappa shape index (κ1) is 15.0. The number of nitrogens with one attached hydrogen (secondary N) is 1. The molecule has 1 amide bonds. The van der Waals surface area contributed by atoms with Crippen molar-refractivity contribution >= 4 is 11.6 Å². The first-order valence-electron chi connectivity index (χ1n) is 7.09. The number of aromatic nitrogens is 2. The van der Waals surface area contributed by atoms with Gasteiger partial charge in [0.1, 0.15) is 6.04 Å². The van der Waals surface area contributed by atoms with E-state index in [1.807, 2.05) is 13.0 Å². The molecule has 0 radical (unpaired) electrons. The quantitative estimate of drug-likeness (QED) is 0.816. The highest BCUT2D eigenvalue weighted by atomic mass is 16.5. The van der Waals surface area contributed by atoms with Crippen molar-refractivity contribution in [2.75, 3.05) is 5.32 Å². The number of anilines is 1. The average Bonchev–Trinajstić information content (AvgIpc) is 2.94. The molecule has 2 aromatic rings. The van der Waals surface area contributed by atoms with Crippen molar-refractivity contribution in [2.24, 2.45) is 5.73 Å². The molecule has 1 aromatic heterocycles. The zero-order valence-corrected chi connectivity index (χ0v) is 12.3. The molecule has 6 heteroatoms. The molecule has 21 heavy (non-hydrogen) atoms. The van der Waals surface area contributed by atoms with Gasteiger partial charge in [-0.15, -0.1) is 0 Å². The Morgan fingerprint density at radius 1 is 1.48 bits per heavy atom. The molecular weight excluding hydrogens is 268 g/mol. The van der Waals surface area contributed by atoms with Gasteiger partial charge in [0, 0.05) is 17.7 Å². The second kappa shape index (κ2) is 6.88. The van der Waals surface area contributed by atoms with Crippen LogP contribution in [0.3, 0.4) is 0 Å². The van der Waals surface area contributed by atoms with Crippen LogP contribution in [0.25, 0.3) is 0 Å². The summed E-state index contributed by atoms with van der Waals surface area (Å²) in [6.07, 6.45) is 2.96. The Bertz CT molecular complexity index is 609. The van der Waals surface area contributed by atoms with Gasteiger partial charge in [0.15, 0.2) is 5.82 Å². The number of carbonyl (C=O) groups excluding carboxylic acids is 1. The van der Waals surface area contributed by atoms with Crippen LogP contribution in [0.1, 0.15) is 54.8 Å². The van der Waals surface area contributed by atoms with Crippen LogP contribution < -0.4 is 11.1 Å². The third-order valence-corrected chi connectivity index (χ3v) is 3.14. The predicted molar refractivity (Wildman–Crippen MR) is 79.9 cm³/mol. The maximum absolute atomic E-state index is 11.2. The van der Waals surface area contributed by atoms with E-state index in [0.29, 0.717) is 11.5 Å². The molecule has 0 aliphatic heterocycles. The van der Waals surface area contributed by atoms with Gasteiger partial charge in [-0.05, 0) is 31.5 Å². The highest BCUT2D eigenvalue weighted by Crippen LogP contribution is 2.19. The van der Waals surface area contributed by atoms with Gasteiger partial charge in [0.25, 0.3) is 0 Å². The first-order chi connectivity index (χ1) is 10.1. The number of aryl methyl sites for hydroxylation is 1. The minimum atomic E-state index is -0.453. The van der Waals surface area contributed by atoms with E-state index in [-0.39, 0.29) is 6.04 Å². The molecule has 0 fully saturated rings. The number of primary amides is 1. The minimum Gasteiger partial charge on any atom is -0.374 e. The van der Waals surface area contributed by atoms with E-state index in [2.05, 4.69) is 22.4 Å². The van der Waals surface area contributed by atoms with Crippen LogP contribution >= 0.6 is 0 Å². The Balaban J connectivity index is 2.03. The van der Waals surface area contributed by atoms with Crippen LogP contribution in [-0.2, 0) is 6.42 Å². The lowest BCUT2D eigenvalue weighted by atomic mass is 10.2. The summed E-state index contributed by atoms with van der Waals surface area (Å²) in [6.45, 7) is 4.05. The standard InChI is InChI=1S/C15H20N4O2/c1-3-4-8-13-18-15(21-19-13)10(2)17-12-7-5-6-11(9-12)14(16)20/h5-7,9-10,17H,3-4,8H2,1-2H3,(H2,16,20)/t10-/m0/s1. The molecule has 0 spiro atoms. The van der Waals surface area contributed by atoms with Crippen molar-refractivity contribution in [3.63, 3.8) is 0 Å². The fraction of sp³-hybridized carbons (Fsp3) is 0.400. The van der Waals surface area contributed by atoms with Gasteiger partial charge < -0.3 is 15.6 Å². The van der Waals surface area contributed by atoms with Gasteiger partial charge in [0.05, 0.1) is 0 Å². The molecule has 2 rings (SSSR count). The lowest BCUT2D eigenvalue weighted by Gasteiger charge is -2.11. The number of unbranched alkanes of at least 4 members (excludes halogenated alkanes) is 1. The molecule has 0 saturated heterocycles. The first-order valence-corrected chi connectivity index (χ1v) is 7.09. The van der Waals surface area contributed by atoms with Gasteiger partial charge in [-0.3, -0.25) is 4.79 Å². The van der Waals surface area contributed by atoms with Crippen molar-refractivity contribution in [3.8, 4) is 0 Å². The third kappa shape index (κ3) is 4.05. The van der Waals surface area contributed by atoms with E-state index in [1.165, 1.54) is 0 Å². The van der Waals surface area contributed by atoms with Gasteiger partial charge >= 0.3 is 0 Å². The summed E-state index contributed by atoms with van der Waals surface area (Å²) in [5, 5.41) is 7.18. The second-order valence-corrected chi connectivity index (χ2v) is 4.96. The Morgan fingerprint density at radius 2 is 2.29 bits per heavy atom. The summed E-state index contributed by atoms with van der Waals surface area (Å²) in [4.78, 5) is 15.5. The maximum atomic E-state index is 11.2. The van der Waals surface area contributed by atoms with Crippen LogP contribution in [0.15, 0.2) is 28.8 Å². The number of hydrogen-bond acceptors (Lipinski definition) is 5. The number of rotatable bonds is 7. The Morgan fingerprint density at radius 3 is 3.00 bits per heavy atom. The van der Waals surface area contributed by atoms with Crippen molar-refractivity contribution in [1.82, 2.24) is 10.1 Å². The molecule has 0 aliphatic rings. The lowest BCUT2D eigenvalue weighted by molar-refractivity contribution is 0.100. The molecular formula is C15H20N4O2. The fourth-order valence-corrected chi connectivity index (χ4v) is 1.95. The summed E-state index contributed by atoms with van der Waals surface area (Å²) < 4.78 is 5.26. The van der Waals surface area contributed by atoms with Gasteiger partial charge in [-0.25, -0.2) is 0 Å². The van der Waals surface area contributed by atoms with Gasteiger partial charge in [-0.1, -0.05) is 24.6 Å². The Hall–Kier alpha value is -2.37. The molecule has 3 N–H and O–H groups in total. The summed E-state index contributed by atoms with van der Waals surface area (Å²) >= 11 is 0. The molecule has 0 bridgehead atoms. The van der Waals surface area contributed by atoms with Gasteiger partial charge in [-0.2, -0.15) is 4.98 Å². The largest absolute Gasteiger partial charge is 0.374 e. The normalized spacial score (nSPS) is 12.1. The predicted octanol–water partition coefficient (Wildman–Crippen LogP) is 2.68. The van der Waals surface area contributed by atoms with E-state index >= 15 is 0 Å². The fourth-order valence-electron chi connectivity index (χ4n) is 1.95. The van der Waals surface area contributed by atoms with Crippen LogP contribution in [0, 0.1) is 0 Å². The SMILES string of the molecule is CCCCc1noc([C@H](C)Nc2cccc(C(N)=O)c2)n1. The van der Waals surface area contributed by atoms with Crippen LogP contribution in [0.4, 0.5) is 5.69 Å².